The minimum atomic E-state index is 0.274. The summed E-state index contributed by atoms with van der Waals surface area (Å²) in [5, 5.41) is 13.7. The monoisotopic (exact) mass is 296 g/mol. The Hall–Kier alpha value is -0.770. The molecule has 1 unspecified atom stereocenters. The van der Waals surface area contributed by atoms with Crippen LogP contribution in [0.4, 0.5) is 5.69 Å². The Morgan fingerprint density at radius 3 is 2.95 bits per heavy atom. The number of anilines is 1. The second kappa shape index (κ2) is 7.30. The molecule has 0 saturated carbocycles. The van der Waals surface area contributed by atoms with Gasteiger partial charge >= 0.3 is 0 Å². The topological polar surface area (TPSA) is 35.5 Å². The third-order valence-corrected chi connectivity index (χ3v) is 4.25. The molecule has 1 aromatic carbocycles. The van der Waals surface area contributed by atoms with Crippen molar-refractivity contribution in [1.29, 1.82) is 0 Å². The van der Waals surface area contributed by atoms with Gasteiger partial charge in [0, 0.05) is 48.6 Å². The molecule has 0 aliphatic carbocycles. The molecular weight excluding hydrogens is 272 g/mol. The zero-order valence-corrected chi connectivity index (χ0v) is 13.2. The van der Waals surface area contributed by atoms with E-state index < -0.39 is 0 Å². The summed E-state index contributed by atoms with van der Waals surface area (Å²) in [7, 11) is 0. The molecule has 2 rings (SSSR count). The third-order valence-electron chi connectivity index (χ3n) is 3.90. The second-order valence-corrected chi connectivity index (χ2v) is 6.32. The highest BCUT2D eigenvalue weighted by molar-refractivity contribution is 6.31. The standard InChI is InChI=1S/C16H25ClN2O/c1-12(2)18-9-14-15(17)6-3-7-16(14)19-8-4-5-13(10-19)11-20/h3,6-7,12-13,18,20H,4-5,8-11H2,1-2H3. The fraction of sp³-hybridized carbons (Fsp3) is 0.625. The van der Waals surface area contributed by atoms with E-state index in [2.05, 4.69) is 30.1 Å². The lowest BCUT2D eigenvalue weighted by atomic mass is 9.97. The van der Waals surface area contributed by atoms with Crippen molar-refractivity contribution < 1.29 is 5.11 Å². The van der Waals surface area contributed by atoms with E-state index in [1.165, 1.54) is 11.3 Å². The molecule has 2 N–H and O–H groups in total. The van der Waals surface area contributed by atoms with Crippen LogP contribution in [0.1, 0.15) is 32.3 Å². The van der Waals surface area contributed by atoms with Crippen LogP contribution in [0.2, 0.25) is 5.02 Å². The average molecular weight is 297 g/mol. The number of rotatable bonds is 5. The number of halogens is 1. The summed E-state index contributed by atoms with van der Waals surface area (Å²) in [6.07, 6.45) is 2.25. The summed E-state index contributed by atoms with van der Waals surface area (Å²) >= 11 is 6.39. The van der Waals surface area contributed by atoms with Gasteiger partial charge in [0.2, 0.25) is 0 Å². The number of aliphatic hydroxyl groups excluding tert-OH is 1. The number of hydrogen-bond acceptors (Lipinski definition) is 3. The van der Waals surface area contributed by atoms with Crippen molar-refractivity contribution in [1.82, 2.24) is 5.32 Å². The Bertz CT molecular complexity index is 436. The van der Waals surface area contributed by atoms with Crippen LogP contribution in [0.3, 0.4) is 0 Å². The SMILES string of the molecule is CC(C)NCc1c(Cl)cccc1N1CCCC(CO)C1. The van der Waals surface area contributed by atoms with Gasteiger partial charge in [-0.25, -0.2) is 0 Å². The predicted molar refractivity (Wildman–Crippen MR) is 85.5 cm³/mol. The molecule has 0 bridgehead atoms. The zero-order chi connectivity index (χ0) is 14.5. The van der Waals surface area contributed by atoms with E-state index >= 15 is 0 Å². The molecular formula is C16H25ClN2O. The van der Waals surface area contributed by atoms with E-state index in [0.717, 1.165) is 37.5 Å². The number of aliphatic hydroxyl groups is 1. The number of nitrogens with zero attached hydrogens (tertiary/aromatic N) is 1. The molecule has 4 heteroatoms. The normalized spacial score (nSPS) is 19.6. The molecule has 112 valence electrons. The third kappa shape index (κ3) is 3.87. The molecule has 3 nitrogen and oxygen atoms in total. The van der Waals surface area contributed by atoms with Gasteiger partial charge in [0.15, 0.2) is 0 Å². The first-order valence-corrected chi connectivity index (χ1v) is 7.86. The first kappa shape index (κ1) is 15.6. The van der Waals surface area contributed by atoms with Crippen molar-refractivity contribution in [3.8, 4) is 0 Å². The van der Waals surface area contributed by atoms with Crippen LogP contribution in [0.25, 0.3) is 0 Å². The molecule has 1 saturated heterocycles. The van der Waals surface area contributed by atoms with Crippen molar-refractivity contribution >= 4 is 17.3 Å². The van der Waals surface area contributed by atoms with Crippen LogP contribution in [0.5, 0.6) is 0 Å². The van der Waals surface area contributed by atoms with E-state index in [9.17, 15) is 5.11 Å². The van der Waals surface area contributed by atoms with E-state index in [1.54, 1.807) is 0 Å². The van der Waals surface area contributed by atoms with Crippen LogP contribution in [-0.4, -0.2) is 30.8 Å². The highest BCUT2D eigenvalue weighted by Crippen LogP contribution is 2.30. The summed E-state index contributed by atoms with van der Waals surface area (Å²) in [5.41, 5.74) is 2.38. The van der Waals surface area contributed by atoms with Gasteiger partial charge in [-0.15, -0.1) is 0 Å². The average Bonchev–Trinajstić information content (AvgIpc) is 2.45. The van der Waals surface area contributed by atoms with Crippen molar-refractivity contribution in [3.05, 3.63) is 28.8 Å². The van der Waals surface area contributed by atoms with Gasteiger partial charge < -0.3 is 15.3 Å². The second-order valence-electron chi connectivity index (χ2n) is 5.91. The fourth-order valence-corrected chi connectivity index (χ4v) is 2.99. The predicted octanol–water partition coefficient (Wildman–Crippen LogP) is 3.05. The maximum atomic E-state index is 9.39. The molecule has 0 radical (unpaired) electrons. The molecule has 1 fully saturated rings. The van der Waals surface area contributed by atoms with E-state index in [-0.39, 0.29) is 6.61 Å². The van der Waals surface area contributed by atoms with Crippen LogP contribution in [0.15, 0.2) is 18.2 Å². The molecule has 1 aliphatic rings. The lowest BCUT2D eigenvalue weighted by Gasteiger charge is -2.35. The fourth-order valence-electron chi connectivity index (χ4n) is 2.76. The van der Waals surface area contributed by atoms with Gasteiger partial charge in [-0.3, -0.25) is 0 Å². The summed E-state index contributed by atoms with van der Waals surface area (Å²) in [5.74, 6) is 0.383. The quantitative estimate of drug-likeness (QED) is 0.877. The van der Waals surface area contributed by atoms with Crippen molar-refractivity contribution in [3.63, 3.8) is 0 Å². The number of nitrogens with one attached hydrogen (secondary N) is 1. The van der Waals surface area contributed by atoms with Crippen molar-refractivity contribution in [2.24, 2.45) is 5.92 Å². The van der Waals surface area contributed by atoms with E-state index in [1.807, 2.05) is 12.1 Å². The minimum Gasteiger partial charge on any atom is -0.396 e. The van der Waals surface area contributed by atoms with E-state index in [0.29, 0.717) is 12.0 Å². The molecule has 0 aromatic heterocycles. The number of hydrogen-bond donors (Lipinski definition) is 2. The Morgan fingerprint density at radius 2 is 2.25 bits per heavy atom. The Kier molecular flexibility index (Phi) is 5.70. The van der Waals surface area contributed by atoms with Crippen molar-refractivity contribution in [2.45, 2.75) is 39.3 Å². The van der Waals surface area contributed by atoms with Crippen molar-refractivity contribution in [2.75, 3.05) is 24.6 Å². The Morgan fingerprint density at radius 1 is 1.45 bits per heavy atom. The molecule has 1 heterocycles. The molecule has 1 aromatic rings. The molecule has 1 aliphatic heterocycles. The van der Waals surface area contributed by atoms with Gasteiger partial charge in [-0.2, -0.15) is 0 Å². The molecule has 0 spiro atoms. The van der Waals surface area contributed by atoms with Crippen LogP contribution in [-0.2, 0) is 6.54 Å². The summed E-state index contributed by atoms with van der Waals surface area (Å²) in [6.45, 7) is 7.30. The maximum absolute atomic E-state index is 9.39. The first-order valence-electron chi connectivity index (χ1n) is 7.48. The molecule has 0 amide bonds. The highest BCUT2D eigenvalue weighted by atomic mass is 35.5. The van der Waals surface area contributed by atoms with Gasteiger partial charge in [-0.05, 0) is 30.9 Å². The maximum Gasteiger partial charge on any atom is 0.0476 e. The van der Waals surface area contributed by atoms with Gasteiger partial charge in [0.1, 0.15) is 0 Å². The number of benzene rings is 1. The lowest BCUT2D eigenvalue weighted by molar-refractivity contribution is 0.208. The highest BCUT2D eigenvalue weighted by Gasteiger charge is 2.22. The lowest BCUT2D eigenvalue weighted by Crippen LogP contribution is -2.37. The summed E-state index contributed by atoms with van der Waals surface area (Å²) < 4.78 is 0. The Balaban J connectivity index is 2.19. The summed E-state index contributed by atoms with van der Waals surface area (Å²) in [4.78, 5) is 2.37. The van der Waals surface area contributed by atoms with Gasteiger partial charge in [0.05, 0.1) is 0 Å². The first-order chi connectivity index (χ1) is 9.61. The smallest absolute Gasteiger partial charge is 0.0476 e. The van der Waals surface area contributed by atoms with Gasteiger partial charge in [0.25, 0.3) is 0 Å². The number of piperidine rings is 1. The summed E-state index contributed by atoms with van der Waals surface area (Å²) in [6, 6.07) is 6.54. The van der Waals surface area contributed by atoms with Crippen LogP contribution in [0, 0.1) is 5.92 Å². The largest absolute Gasteiger partial charge is 0.396 e. The van der Waals surface area contributed by atoms with Gasteiger partial charge in [-0.1, -0.05) is 31.5 Å². The Labute approximate surface area is 126 Å². The van der Waals surface area contributed by atoms with Crippen LogP contribution >= 0.6 is 11.6 Å². The molecule has 20 heavy (non-hydrogen) atoms. The van der Waals surface area contributed by atoms with E-state index in [4.69, 9.17) is 11.6 Å². The zero-order valence-electron chi connectivity index (χ0n) is 12.4. The van der Waals surface area contributed by atoms with Crippen LogP contribution < -0.4 is 10.2 Å². The minimum absolute atomic E-state index is 0.274. The molecule has 1 atom stereocenters.